The summed E-state index contributed by atoms with van der Waals surface area (Å²) in [5.74, 6) is -7.73. The van der Waals surface area contributed by atoms with Crippen LogP contribution in [0.5, 0.6) is 0 Å². The molecule has 2 atom stereocenters. The molecule has 0 spiro atoms. The van der Waals surface area contributed by atoms with Crippen LogP contribution in [-0.2, 0) is 14.4 Å². The highest BCUT2D eigenvalue weighted by Gasteiger charge is 2.45. The Morgan fingerprint density at radius 3 is 1.53 bits per heavy atom. The Kier molecular flexibility index (Phi) is 3.25. The Morgan fingerprint density at radius 2 is 1.27 bits per heavy atom. The number of hydrogen-bond acceptors (Lipinski definition) is 4. The van der Waals surface area contributed by atoms with Gasteiger partial charge in [0.1, 0.15) is 0 Å². The largest absolute Gasteiger partial charge is 0.481 e. The maximum Gasteiger partial charge on any atom is 0.308 e. The minimum Gasteiger partial charge on any atom is -0.481 e. The van der Waals surface area contributed by atoms with Gasteiger partial charge in [0.05, 0.1) is 17.8 Å². The number of nitrogens with one attached hydrogen (secondary N) is 1. The maximum absolute atomic E-state index is 10.8. The molecule has 15 heavy (non-hydrogen) atoms. The van der Waals surface area contributed by atoms with Crippen LogP contribution in [0.3, 0.4) is 0 Å². The zero-order valence-corrected chi connectivity index (χ0v) is 7.71. The topological polar surface area (TPSA) is 124 Å². The fourth-order valence-electron chi connectivity index (χ4n) is 1.75. The number of hydrogen-bond donors (Lipinski definition) is 4. The Hall–Kier alpha value is -1.63. The molecule has 0 saturated carbocycles. The molecule has 1 aliphatic rings. The normalized spacial score (nSPS) is 30.8. The van der Waals surface area contributed by atoms with Gasteiger partial charge in [-0.15, -0.1) is 0 Å². The quantitative estimate of drug-likeness (QED) is 0.462. The smallest absolute Gasteiger partial charge is 0.308 e. The third-order valence-corrected chi connectivity index (χ3v) is 2.52. The van der Waals surface area contributed by atoms with Crippen LogP contribution in [0.2, 0.25) is 0 Å². The summed E-state index contributed by atoms with van der Waals surface area (Å²) < 4.78 is 0. The van der Waals surface area contributed by atoms with Crippen molar-refractivity contribution in [1.82, 2.24) is 5.32 Å². The molecule has 1 saturated heterocycles. The van der Waals surface area contributed by atoms with Crippen molar-refractivity contribution in [2.45, 2.75) is 0 Å². The molecule has 0 aromatic heterocycles. The van der Waals surface area contributed by atoms with Crippen molar-refractivity contribution in [3.8, 4) is 0 Å². The van der Waals surface area contributed by atoms with Gasteiger partial charge in [-0.3, -0.25) is 14.4 Å². The zero-order chi connectivity index (χ0) is 11.6. The lowest BCUT2D eigenvalue weighted by Gasteiger charge is -2.31. The van der Waals surface area contributed by atoms with Crippen molar-refractivity contribution in [3.63, 3.8) is 0 Å². The Balaban J connectivity index is 2.95. The van der Waals surface area contributed by atoms with Crippen molar-refractivity contribution < 1.29 is 29.7 Å². The van der Waals surface area contributed by atoms with Crippen LogP contribution >= 0.6 is 0 Å². The van der Waals surface area contributed by atoms with Crippen LogP contribution in [0.1, 0.15) is 0 Å². The van der Waals surface area contributed by atoms with Gasteiger partial charge >= 0.3 is 17.9 Å². The summed E-state index contributed by atoms with van der Waals surface area (Å²) in [5.41, 5.74) is 0. The summed E-state index contributed by atoms with van der Waals surface area (Å²) in [7, 11) is 0. The van der Waals surface area contributed by atoms with Gasteiger partial charge in [0.15, 0.2) is 0 Å². The highest BCUT2D eigenvalue weighted by atomic mass is 16.4. The predicted molar refractivity (Wildman–Crippen MR) is 46.2 cm³/mol. The predicted octanol–water partition coefficient (Wildman–Crippen LogP) is -1.31. The molecule has 0 aromatic carbocycles. The zero-order valence-electron chi connectivity index (χ0n) is 7.71. The highest BCUT2D eigenvalue weighted by molar-refractivity contribution is 5.86. The van der Waals surface area contributed by atoms with Crippen molar-refractivity contribution >= 4 is 17.9 Å². The molecule has 7 nitrogen and oxygen atoms in total. The van der Waals surface area contributed by atoms with Crippen LogP contribution in [0, 0.1) is 17.8 Å². The molecule has 4 N–H and O–H groups in total. The van der Waals surface area contributed by atoms with Crippen LogP contribution in [0.4, 0.5) is 0 Å². The average molecular weight is 217 g/mol. The van der Waals surface area contributed by atoms with Crippen LogP contribution in [0.15, 0.2) is 0 Å². The first-order valence-corrected chi connectivity index (χ1v) is 4.34. The molecule has 0 bridgehead atoms. The summed E-state index contributed by atoms with van der Waals surface area (Å²) in [6.07, 6.45) is 0. The summed E-state index contributed by atoms with van der Waals surface area (Å²) in [4.78, 5) is 32.3. The molecule has 0 radical (unpaired) electrons. The highest BCUT2D eigenvalue weighted by Crippen LogP contribution is 2.25. The molecule has 0 amide bonds. The number of rotatable bonds is 3. The fourth-order valence-corrected chi connectivity index (χ4v) is 1.75. The van der Waals surface area contributed by atoms with E-state index in [1.54, 1.807) is 0 Å². The lowest BCUT2D eigenvalue weighted by molar-refractivity contribution is -0.163. The number of carboxylic acids is 3. The monoisotopic (exact) mass is 217 g/mol. The molecular weight excluding hydrogens is 206 g/mol. The lowest BCUT2D eigenvalue weighted by atomic mass is 9.78. The van der Waals surface area contributed by atoms with Gasteiger partial charge in [-0.1, -0.05) is 0 Å². The third kappa shape index (κ3) is 2.24. The minimum atomic E-state index is -1.38. The standard InChI is InChI=1S/C8H11NO6/c10-6(11)3-1-9-2-4(7(12)13)5(3)8(14)15/h3-5,9H,1-2H2,(H,10,11)(H,12,13)(H,14,15). The van der Waals surface area contributed by atoms with E-state index in [0.29, 0.717) is 0 Å². The third-order valence-electron chi connectivity index (χ3n) is 2.52. The first kappa shape index (κ1) is 11.4. The van der Waals surface area contributed by atoms with Gasteiger partial charge in [-0.25, -0.2) is 0 Å². The Bertz CT molecular complexity index is 280. The maximum atomic E-state index is 10.8. The van der Waals surface area contributed by atoms with E-state index in [9.17, 15) is 14.4 Å². The van der Waals surface area contributed by atoms with Gasteiger partial charge in [-0.05, 0) is 0 Å². The van der Waals surface area contributed by atoms with E-state index in [0.717, 1.165) is 0 Å². The number of carboxylic acid groups (broad SMARTS) is 3. The van der Waals surface area contributed by atoms with Crippen LogP contribution in [-0.4, -0.2) is 46.3 Å². The van der Waals surface area contributed by atoms with E-state index in [2.05, 4.69) is 5.32 Å². The van der Waals surface area contributed by atoms with Crippen molar-refractivity contribution in [3.05, 3.63) is 0 Å². The number of aliphatic carboxylic acids is 3. The molecule has 7 heteroatoms. The van der Waals surface area contributed by atoms with Crippen molar-refractivity contribution in [1.29, 1.82) is 0 Å². The van der Waals surface area contributed by atoms with E-state index in [-0.39, 0.29) is 13.1 Å². The van der Waals surface area contributed by atoms with Crippen molar-refractivity contribution in [2.75, 3.05) is 13.1 Å². The minimum absolute atomic E-state index is 0.0178. The second-order valence-electron chi connectivity index (χ2n) is 3.41. The Labute approximate surface area is 84.7 Å². The van der Waals surface area contributed by atoms with E-state index >= 15 is 0 Å². The average Bonchev–Trinajstić information content (AvgIpc) is 2.16. The van der Waals surface area contributed by atoms with Gasteiger partial charge in [-0.2, -0.15) is 0 Å². The van der Waals surface area contributed by atoms with Gasteiger partial charge < -0.3 is 20.6 Å². The second-order valence-corrected chi connectivity index (χ2v) is 3.41. The molecule has 0 aromatic rings. The molecule has 1 fully saturated rings. The van der Waals surface area contributed by atoms with E-state index in [1.807, 2.05) is 0 Å². The lowest BCUT2D eigenvalue weighted by Crippen LogP contribution is -2.52. The fraction of sp³-hybridized carbons (Fsp3) is 0.625. The summed E-state index contributed by atoms with van der Waals surface area (Å²) in [6.45, 7) is -0.0356. The van der Waals surface area contributed by atoms with Crippen LogP contribution in [0.25, 0.3) is 0 Å². The van der Waals surface area contributed by atoms with Gasteiger partial charge in [0.25, 0.3) is 0 Å². The molecule has 1 aliphatic heterocycles. The summed E-state index contributed by atoms with van der Waals surface area (Å²) >= 11 is 0. The first-order valence-electron chi connectivity index (χ1n) is 4.34. The first-order chi connectivity index (χ1) is 6.95. The molecule has 2 unspecified atom stereocenters. The second kappa shape index (κ2) is 4.26. The SMILES string of the molecule is O=C(O)C1CNCC(C(=O)O)C1C(=O)O. The van der Waals surface area contributed by atoms with Crippen molar-refractivity contribution in [2.24, 2.45) is 17.8 Å². The Morgan fingerprint density at radius 1 is 0.867 bits per heavy atom. The summed E-state index contributed by atoms with van der Waals surface area (Å²) in [5, 5.41) is 29.0. The van der Waals surface area contributed by atoms with E-state index in [4.69, 9.17) is 15.3 Å². The molecule has 84 valence electrons. The number of piperidine rings is 1. The molecular formula is C8H11NO6. The summed E-state index contributed by atoms with van der Waals surface area (Å²) in [6, 6.07) is 0. The van der Waals surface area contributed by atoms with Crippen LogP contribution < -0.4 is 5.32 Å². The van der Waals surface area contributed by atoms with E-state index in [1.165, 1.54) is 0 Å². The molecule has 1 rings (SSSR count). The van der Waals surface area contributed by atoms with E-state index < -0.39 is 35.7 Å². The van der Waals surface area contributed by atoms with Gasteiger partial charge in [0.2, 0.25) is 0 Å². The number of carbonyl (C=O) groups is 3. The molecule has 0 aliphatic carbocycles. The molecule has 1 heterocycles. The van der Waals surface area contributed by atoms with Gasteiger partial charge in [0, 0.05) is 13.1 Å².